The first-order valence-corrected chi connectivity index (χ1v) is 8.01. The van der Waals surface area contributed by atoms with Gasteiger partial charge in [0.15, 0.2) is 6.61 Å². The zero-order valence-corrected chi connectivity index (χ0v) is 15.2. The lowest BCUT2D eigenvalue weighted by molar-refractivity contribution is -0.383. The van der Waals surface area contributed by atoms with Crippen LogP contribution in [0.25, 0.3) is 0 Å². The zero-order valence-electron chi connectivity index (χ0n) is 15.2. The van der Waals surface area contributed by atoms with E-state index in [0.717, 1.165) is 6.07 Å². The predicted octanol–water partition coefficient (Wildman–Crippen LogP) is 1.67. The maximum atomic E-state index is 12.0. The number of carbonyl (C=O) groups is 3. The molecule has 0 bridgehead atoms. The van der Waals surface area contributed by atoms with E-state index >= 15 is 0 Å². The fourth-order valence-electron chi connectivity index (χ4n) is 2.19. The van der Waals surface area contributed by atoms with E-state index in [-0.39, 0.29) is 17.2 Å². The number of amides is 2. The van der Waals surface area contributed by atoms with E-state index < -0.39 is 29.1 Å². The molecular weight excluding hydrogens is 368 g/mol. The SMILES string of the molecule is CN(C)C(=O)c1ccc(NC(=O)COC(=O)c2ccc(N)c([N+](=O)[O-])c2)cc1. The number of nitro groups is 1. The molecule has 0 fully saturated rings. The molecule has 3 N–H and O–H groups in total. The Morgan fingerprint density at radius 3 is 2.29 bits per heavy atom. The summed E-state index contributed by atoms with van der Waals surface area (Å²) >= 11 is 0. The molecule has 0 saturated carbocycles. The number of ether oxygens (including phenoxy) is 1. The second-order valence-electron chi connectivity index (χ2n) is 5.93. The van der Waals surface area contributed by atoms with Gasteiger partial charge in [0.1, 0.15) is 5.69 Å². The largest absolute Gasteiger partial charge is 0.452 e. The summed E-state index contributed by atoms with van der Waals surface area (Å²) in [5.41, 5.74) is 5.73. The Morgan fingerprint density at radius 1 is 1.11 bits per heavy atom. The van der Waals surface area contributed by atoms with Gasteiger partial charge in [0.25, 0.3) is 17.5 Å². The highest BCUT2D eigenvalue weighted by Crippen LogP contribution is 2.22. The number of carbonyl (C=O) groups excluding carboxylic acids is 3. The van der Waals surface area contributed by atoms with Gasteiger partial charge in [-0.2, -0.15) is 0 Å². The normalized spacial score (nSPS) is 10.1. The fraction of sp³-hybridized carbons (Fsp3) is 0.167. The number of hydrogen-bond acceptors (Lipinski definition) is 7. The highest BCUT2D eigenvalue weighted by Gasteiger charge is 2.17. The standard InChI is InChI=1S/C18H18N4O6/c1-21(2)17(24)11-3-6-13(7-4-11)20-16(23)10-28-18(25)12-5-8-14(19)15(9-12)22(26)27/h3-9H,10,19H2,1-2H3,(H,20,23). The highest BCUT2D eigenvalue weighted by molar-refractivity contribution is 5.97. The van der Waals surface area contributed by atoms with Gasteiger partial charge < -0.3 is 20.7 Å². The molecule has 2 aromatic rings. The van der Waals surface area contributed by atoms with Crippen molar-refractivity contribution in [3.63, 3.8) is 0 Å². The predicted molar refractivity (Wildman–Crippen MR) is 101 cm³/mol. The second kappa shape index (κ2) is 8.62. The molecular formula is C18H18N4O6. The number of nitrogen functional groups attached to an aromatic ring is 1. The molecule has 0 heterocycles. The molecule has 0 aliphatic rings. The smallest absolute Gasteiger partial charge is 0.338 e. The third kappa shape index (κ3) is 5.04. The van der Waals surface area contributed by atoms with Crippen molar-refractivity contribution in [2.45, 2.75) is 0 Å². The van der Waals surface area contributed by atoms with E-state index in [2.05, 4.69) is 5.32 Å². The van der Waals surface area contributed by atoms with Gasteiger partial charge in [-0.15, -0.1) is 0 Å². The summed E-state index contributed by atoms with van der Waals surface area (Å²) < 4.78 is 4.85. The topological polar surface area (TPSA) is 145 Å². The maximum Gasteiger partial charge on any atom is 0.338 e. The summed E-state index contributed by atoms with van der Waals surface area (Å²) in [5.74, 6) is -1.68. The number of rotatable bonds is 6. The average Bonchev–Trinajstić information content (AvgIpc) is 2.66. The van der Waals surface area contributed by atoms with Crippen molar-refractivity contribution >= 4 is 34.8 Å². The molecule has 10 heteroatoms. The van der Waals surface area contributed by atoms with Crippen LogP contribution in [0.5, 0.6) is 0 Å². The van der Waals surface area contributed by atoms with Crippen LogP contribution < -0.4 is 11.1 Å². The van der Waals surface area contributed by atoms with E-state index in [1.54, 1.807) is 38.4 Å². The van der Waals surface area contributed by atoms with Crippen LogP contribution in [0.4, 0.5) is 17.1 Å². The minimum Gasteiger partial charge on any atom is -0.452 e. The van der Waals surface area contributed by atoms with Gasteiger partial charge in [-0.25, -0.2) is 4.79 Å². The molecule has 0 atom stereocenters. The Balaban J connectivity index is 1.93. The van der Waals surface area contributed by atoms with Crippen LogP contribution in [0.2, 0.25) is 0 Å². The van der Waals surface area contributed by atoms with Crippen molar-refractivity contribution in [1.82, 2.24) is 4.90 Å². The minimum absolute atomic E-state index is 0.0875. The highest BCUT2D eigenvalue weighted by atomic mass is 16.6. The first-order chi connectivity index (χ1) is 13.2. The lowest BCUT2D eigenvalue weighted by Crippen LogP contribution is -2.22. The molecule has 0 spiro atoms. The van der Waals surface area contributed by atoms with E-state index in [9.17, 15) is 24.5 Å². The van der Waals surface area contributed by atoms with Crippen LogP contribution in [-0.2, 0) is 9.53 Å². The van der Waals surface area contributed by atoms with Crippen LogP contribution >= 0.6 is 0 Å². The van der Waals surface area contributed by atoms with Crippen molar-refractivity contribution in [2.75, 3.05) is 31.8 Å². The molecule has 0 aliphatic carbocycles. The molecule has 2 rings (SSSR count). The molecule has 0 aromatic heterocycles. The van der Waals surface area contributed by atoms with Gasteiger partial charge in [0.05, 0.1) is 10.5 Å². The number of esters is 1. The van der Waals surface area contributed by atoms with Crippen LogP contribution in [0.15, 0.2) is 42.5 Å². The summed E-state index contributed by atoms with van der Waals surface area (Å²) in [6, 6.07) is 9.65. The van der Waals surface area contributed by atoms with Gasteiger partial charge in [0, 0.05) is 31.4 Å². The number of nitro benzene ring substituents is 1. The van der Waals surface area contributed by atoms with Crippen molar-refractivity contribution in [2.24, 2.45) is 0 Å². The number of nitrogens with one attached hydrogen (secondary N) is 1. The van der Waals surface area contributed by atoms with Crippen LogP contribution in [-0.4, -0.2) is 48.3 Å². The van der Waals surface area contributed by atoms with Crippen LogP contribution in [0, 0.1) is 10.1 Å². The van der Waals surface area contributed by atoms with E-state index in [4.69, 9.17) is 10.5 Å². The van der Waals surface area contributed by atoms with Crippen LogP contribution in [0.3, 0.4) is 0 Å². The number of hydrogen-bond donors (Lipinski definition) is 2. The first-order valence-electron chi connectivity index (χ1n) is 8.01. The molecule has 2 amide bonds. The molecule has 0 unspecified atom stereocenters. The molecule has 2 aromatic carbocycles. The lowest BCUT2D eigenvalue weighted by Gasteiger charge is -2.11. The fourth-order valence-corrected chi connectivity index (χ4v) is 2.19. The molecule has 0 saturated heterocycles. The molecule has 10 nitrogen and oxygen atoms in total. The summed E-state index contributed by atoms with van der Waals surface area (Å²) in [5, 5.41) is 13.4. The summed E-state index contributed by atoms with van der Waals surface area (Å²) in [7, 11) is 3.25. The maximum absolute atomic E-state index is 12.0. The van der Waals surface area contributed by atoms with Gasteiger partial charge in [0.2, 0.25) is 0 Å². The molecule has 0 aliphatic heterocycles. The Labute approximate surface area is 160 Å². The number of nitrogens with zero attached hydrogens (tertiary/aromatic N) is 2. The van der Waals surface area contributed by atoms with Gasteiger partial charge in [-0.1, -0.05) is 0 Å². The molecule has 146 valence electrons. The van der Waals surface area contributed by atoms with E-state index in [1.165, 1.54) is 17.0 Å². The van der Waals surface area contributed by atoms with Crippen molar-refractivity contribution in [3.8, 4) is 0 Å². The van der Waals surface area contributed by atoms with E-state index in [1.807, 2.05) is 0 Å². The minimum atomic E-state index is -0.898. The zero-order chi connectivity index (χ0) is 20.8. The number of nitrogens with two attached hydrogens (primary N) is 1. The van der Waals surface area contributed by atoms with Crippen molar-refractivity contribution in [1.29, 1.82) is 0 Å². The third-order valence-corrected chi connectivity index (χ3v) is 3.62. The lowest BCUT2D eigenvalue weighted by atomic mass is 10.2. The number of benzene rings is 2. The van der Waals surface area contributed by atoms with Crippen molar-refractivity contribution < 1.29 is 24.0 Å². The van der Waals surface area contributed by atoms with Gasteiger partial charge in [-0.05, 0) is 36.4 Å². The van der Waals surface area contributed by atoms with Crippen LogP contribution in [0.1, 0.15) is 20.7 Å². The number of anilines is 2. The Bertz CT molecular complexity index is 924. The Morgan fingerprint density at radius 2 is 1.71 bits per heavy atom. The molecule has 0 radical (unpaired) electrons. The first kappa shape index (κ1) is 20.4. The quantitative estimate of drug-likeness (QED) is 0.332. The summed E-state index contributed by atoms with van der Waals surface area (Å²) in [4.78, 5) is 47.2. The average molecular weight is 386 g/mol. The second-order valence-corrected chi connectivity index (χ2v) is 5.93. The Hall–Kier alpha value is -3.95. The molecule has 28 heavy (non-hydrogen) atoms. The van der Waals surface area contributed by atoms with Gasteiger partial charge >= 0.3 is 5.97 Å². The Kier molecular flexibility index (Phi) is 6.27. The third-order valence-electron chi connectivity index (χ3n) is 3.62. The summed E-state index contributed by atoms with van der Waals surface area (Å²) in [6.07, 6.45) is 0. The van der Waals surface area contributed by atoms with Gasteiger partial charge in [-0.3, -0.25) is 19.7 Å². The van der Waals surface area contributed by atoms with E-state index in [0.29, 0.717) is 11.3 Å². The van der Waals surface area contributed by atoms with Crippen molar-refractivity contribution in [3.05, 3.63) is 63.7 Å². The summed E-state index contributed by atoms with van der Waals surface area (Å²) in [6.45, 7) is -0.588. The monoisotopic (exact) mass is 386 g/mol.